The maximum Gasteiger partial charge on any atom is 0.460 e. The Morgan fingerprint density at radius 2 is 1.23 bits per heavy atom. The normalized spacial score (nSPS) is 14.5. The molecule has 0 fully saturated rings. The van der Waals surface area contributed by atoms with Crippen LogP contribution in [0.3, 0.4) is 0 Å². The molecule has 1 nitrogen and oxygen atoms in total. The third kappa shape index (κ3) is 3.45. The molecule has 1 aromatic carbocycles. The fourth-order valence-electron chi connectivity index (χ4n) is 1.56. The molecule has 0 spiro atoms. The van der Waals surface area contributed by atoms with Crippen LogP contribution in [0.1, 0.15) is 15.9 Å². The Balaban J connectivity index is 3.53. The van der Waals surface area contributed by atoms with Crippen molar-refractivity contribution < 1.29 is 57.5 Å². The van der Waals surface area contributed by atoms with Gasteiger partial charge in [-0.25, -0.2) is 0 Å². The highest BCUT2D eigenvalue weighted by atomic mass is 35.5. The number of rotatable bonds is 4. The molecule has 0 unspecified atom stereocenters. The van der Waals surface area contributed by atoms with Gasteiger partial charge in [0, 0.05) is 5.56 Å². The Labute approximate surface area is 140 Å². The van der Waals surface area contributed by atoms with Crippen molar-refractivity contribution in [3.63, 3.8) is 0 Å². The largest absolute Gasteiger partial charge is 0.460 e. The van der Waals surface area contributed by atoms with Crippen molar-refractivity contribution in [2.24, 2.45) is 0 Å². The van der Waals surface area contributed by atoms with E-state index < -0.39 is 58.1 Å². The molecule has 0 radical (unpaired) electrons. The second kappa shape index (κ2) is 6.20. The first-order chi connectivity index (χ1) is 11.3. The SMILES string of the molecule is O=C(c1cc(C(F)(F)F)ccc1Cl)C(F)(F)C(F)(F)C(F)(F)C(F)(F)F. The minimum Gasteiger partial charge on any atom is -0.287 e. The maximum absolute atomic E-state index is 13.5. The zero-order valence-electron chi connectivity index (χ0n) is 11.6. The molecule has 0 aliphatic rings. The average Bonchev–Trinajstić information content (AvgIpc) is 2.44. The van der Waals surface area contributed by atoms with Crippen molar-refractivity contribution in [3.05, 3.63) is 34.3 Å². The van der Waals surface area contributed by atoms with Crippen LogP contribution in [0.2, 0.25) is 5.02 Å². The fraction of sp³-hybridized carbons (Fsp3) is 0.417. The minimum atomic E-state index is -7.37. The molecule has 0 saturated heterocycles. The number of hydrogen-bond donors (Lipinski definition) is 0. The Kier molecular flexibility index (Phi) is 5.34. The topological polar surface area (TPSA) is 17.1 Å². The molecule has 0 aromatic heterocycles. The molecule has 148 valence electrons. The predicted octanol–water partition coefficient (Wildman–Crippen LogP) is 6.01. The third-order valence-corrected chi connectivity index (χ3v) is 3.30. The highest BCUT2D eigenvalue weighted by Crippen LogP contribution is 2.54. The van der Waals surface area contributed by atoms with Crippen LogP contribution < -0.4 is 0 Å². The van der Waals surface area contributed by atoms with Gasteiger partial charge in [-0.15, -0.1) is 0 Å². The summed E-state index contributed by atoms with van der Waals surface area (Å²) >= 11 is 5.13. The lowest BCUT2D eigenvalue weighted by Crippen LogP contribution is -2.63. The number of alkyl halides is 12. The summed E-state index contributed by atoms with van der Waals surface area (Å²) in [6.45, 7) is 0. The number of benzene rings is 1. The van der Waals surface area contributed by atoms with Crippen LogP contribution in [0, 0.1) is 0 Å². The van der Waals surface area contributed by atoms with Gasteiger partial charge in [0.2, 0.25) is 5.78 Å². The van der Waals surface area contributed by atoms with Crippen molar-refractivity contribution in [2.45, 2.75) is 30.1 Å². The van der Waals surface area contributed by atoms with E-state index in [9.17, 15) is 57.5 Å². The van der Waals surface area contributed by atoms with Crippen LogP contribution in [0.15, 0.2) is 18.2 Å². The summed E-state index contributed by atoms with van der Waals surface area (Å²) in [6.07, 6.45) is -12.5. The number of ketones is 1. The Bertz CT molecular complexity index is 703. The summed E-state index contributed by atoms with van der Waals surface area (Å²) in [6, 6.07) is -0.173. The number of carbonyl (C=O) groups excluding carboxylic acids is 1. The van der Waals surface area contributed by atoms with E-state index in [0.717, 1.165) is 0 Å². The first kappa shape index (κ1) is 22.4. The number of Topliss-reactive ketones (excluding diaryl/α,β-unsaturated/α-hetero) is 1. The van der Waals surface area contributed by atoms with Crippen molar-refractivity contribution in [1.29, 1.82) is 0 Å². The molecule has 0 saturated carbocycles. The molecular weight excluding hydrogens is 424 g/mol. The molecule has 0 aliphatic carbocycles. The zero-order valence-corrected chi connectivity index (χ0v) is 12.3. The quantitative estimate of drug-likeness (QED) is 0.426. The summed E-state index contributed by atoms with van der Waals surface area (Å²) in [4.78, 5) is 11.4. The van der Waals surface area contributed by atoms with Gasteiger partial charge in [-0.3, -0.25) is 4.79 Å². The zero-order chi connectivity index (χ0) is 20.9. The molecule has 1 rings (SSSR count). The molecular formula is C12H3ClF12O. The van der Waals surface area contributed by atoms with E-state index in [1.54, 1.807) is 0 Å². The highest BCUT2D eigenvalue weighted by Gasteiger charge is 2.83. The second-order valence-electron chi connectivity index (χ2n) is 4.74. The highest BCUT2D eigenvalue weighted by molar-refractivity contribution is 6.34. The molecule has 14 heteroatoms. The summed E-state index contributed by atoms with van der Waals surface area (Å²) in [5.74, 6) is -24.9. The van der Waals surface area contributed by atoms with Crippen LogP contribution in [0.4, 0.5) is 52.7 Å². The van der Waals surface area contributed by atoms with E-state index in [1.807, 2.05) is 0 Å². The Morgan fingerprint density at radius 3 is 1.62 bits per heavy atom. The third-order valence-electron chi connectivity index (χ3n) is 2.97. The van der Waals surface area contributed by atoms with Crippen molar-refractivity contribution in [2.75, 3.05) is 0 Å². The lowest BCUT2D eigenvalue weighted by atomic mass is 9.94. The summed E-state index contributed by atoms with van der Waals surface area (Å²) in [5.41, 5.74) is -3.86. The molecule has 0 N–H and O–H groups in total. The maximum atomic E-state index is 13.5. The van der Waals surface area contributed by atoms with Crippen LogP contribution in [0.25, 0.3) is 0 Å². The molecule has 0 heterocycles. The van der Waals surface area contributed by atoms with E-state index >= 15 is 0 Å². The molecule has 0 amide bonds. The first-order valence-electron chi connectivity index (χ1n) is 5.90. The minimum absolute atomic E-state index is 0.139. The summed E-state index contributed by atoms with van der Waals surface area (Å²) < 4.78 is 152. The van der Waals surface area contributed by atoms with E-state index in [4.69, 9.17) is 11.6 Å². The summed E-state index contributed by atoms with van der Waals surface area (Å²) in [7, 11) is 0. The van der Waals surface area contributed by atoms with Crippen LogP contribution in [0.5, 0.6) is 0 Å². The lowest BCUT2D eigenvalue weighted by Gasteiger charge is -2.32. The van der Waals surface area contributed by atoms with Crippen molar-refractivity contribution in [1.82, 2.24) is 0 Å². The lowest BCUT2D eigenvalue weighted by molar-refractivity contribution is -0.386. The average molecular weight is 427 g/mol. The van der Waals surface area contributed by atoms with Crippen LogP contribution in [-0.4, -0.2) is 29.7 Å². The van der Waals surface area contributed by atoms with Gasteiger partial charge in [0.05, 0.1) is 10.6 Å². The Hall–Kier alpha value is -1.66. The van der Waals surface area contributed by atoms with Gasteiger partial charge < -0.3 is 0 Å². The molecule has 26 heavy (non-hydrogen) atoms. The van der Waals surface area contributed by atoms with E-state index in [0.29, 0.717) is 0 Å². The molecule has 0 aliphatic heterocycles. The van der Waals surface area contributed by atoms with Gasteiger partial charge in [-0.05, 0) is 18.2 Å². The smallest absolute Gasteiger partial charge is 0.287 e. The molecule has 0 atom stereocenters. The van der Waals surface area contributed by atoms with Crippen molar-refractivity contribution >= 4 is 17.4 Å². The Morgan fingerprint density at radius 1 is 0.769 bits per heavy atom. The van der Waals surface area contributed by atoms with Crippen molar-refractivity contribution in [3.8, 4) is 0 Å². The first-order valence-corrected chi connectivity index (χ1v) is 6.28. The van der Waals surface area contributed by atoms with Gasteiger partial charge >= 0.3 is 30.1 Å². The van der Waals surface area contributed by atoms with E-state index in [-0.39, 0.29) is 12.1 Å². The van der Waals surface area contributed by atoms with Gasteiger partial charge in [0.15, 0.2) is 0 Å². The van der Waals surface area contributed by atoms with Crippen LogP contribution in [-0.2, 0) is 6.18 Å². The van der Waals surface area contributed by atoms with E-state index in [2.05, 4.69) is 0 Å². The fourth-order valence-corrected chi connectivity index (χ4v) is 1.77. The number of halogens is 13. The molecule has 0 bridgehead atoms. The number of hydrogen-bond acceptors (Lipinski definition) is 1. The summed E-state index contributed by atoms with van der Waals surface area (Å²) in [5, 5.41) is -1.30. The van der Waals surface area contributed by atoms with E-state index in [1.165, 1.54) is 0 Å². The molecule has 1 aromatic rings. The van der Waals surface area contributed by atoms with Gasteiger partial charge in [-0.2, -0.15) is 52.7 Å². The van der Waals surface area contributed by atoms with Gasteiger partial charge in [0.1, 0.15) is 0 Å². The monoisotopic (exact) mass is 426 g/mol. The second-order valence-corrected chi connectivity index (χ2v) is 5.15. The number of carbonyl (C=O) groups is 1. The van der Waals surface area contributed by atoms with Gasteiger partial charge in [0.25, 0.3) is 0 Å². The van der Waals surface area contributed by atoms with Gasteiger partial charge in [-0.1, -0.05) is 11.6 Å². The van der Waals surface area contributed by atoms with Crippen LogP contribution >= 0.6 is 11.6 Å². The predicted molar refractivity (Wildman–Crippen MR) is 61.7 cm³/mol. The standard InChI is InChI=1S/C12H3ClF12O/c13-6-2-1-4(9(16,17)18)3-5(6)7(26)8(14,15)10(19,20)11(21,22)12(23,24)25/h1-3H.